The second kappa shape index (κ2) is 3.42. The van der Waals surface area contributed by atoms with Crippen molar-refractivity contribution in [3.05, 3.63) is 35.9 Å². The smallest absolute Gasteiger partial charge is 0.311 e. The van der Waals surface area contributed by atoms with Gasteiger partial charge in [-0.1, -0.05) is 6.07 Å². The normalized spacial score (nSPS) is 10.1. The zero-order chi connectivity index (χ0) is 10.8. The van der Waals surface area contributed by atoms with E-state index in [-0.39, 0.29) is 12.1 Å². The van der Waals surface area contributed by atoms with Gasteiger partial charge in [0.15, 0.2) is 5.69 Å². The second-order valence-electron chi connectivity index (χ2n) is 3.01. The third-order valence-electron chi connectivity index (χ3n) is 2.04. The number of carboxylic acid groups (broad SMARTS) is 1. The van der Waals surface area contributed by atoms with E-state index in [2.05, 4.69) is 4.98 Å². The lowest BCUT2D eigenvalue weighted by Crippen LogP contribution is -2.04. The minimum atomic E-state index is -0.963. The maximum atomic E-state index is 10.6. The largest absolute Gasteiger partial charge is 0.481 e. The molecule has 2 rings (SSSR count). The lowest BCUT2D eigenvalue weighted by atomic mass is 10.3. The summed E-state index contributed by atoms with van der Waals surface area (Å²) in [5, 5.41) is 17.5. The van der Waals surface area contributed by atoms with Crippen LogP contribution in [-0.4, -0.2) is 20.5 Å². The van der Waals surface area contributed by atoms with Gasteiger partial charge in [-0.2, -0.15) is 5.26 Å². The van der Waals surface area contributed by atoms with Crippen LogP contribution < -0.4 is 0 Å². The number of imidazole rings is 1. The third kappa shape index (κ3) is 1.53. The first kappa shape index (κ1) is 9.21. The van der Waals surface area contributed by atoms with Crippen LogP contribution in [0.15, 0.2) is 24.4 Å². The Morgan fingerprint density at radius 2 is 2.40 bits per heavy atom. The van der Waals surface area contributed by atoms with Crippen molar-refractivity contribution in [3.8, 4) is 6.07 Å². The number of nitrogens with zero attached hydrogens (tertiary/aromatic N) is 3. The summed E-state index contributed by atoms with van der Waals surface area (Å²) in [7, 11) is 0. The van der Waals surface area contributed by atoms with E-state index >= 15 is 0 Å². The van der Waals surface area contributed by atoms with Crippen molar-refractivity contribution >= 4 is 11.5 Å². The monoisotopic (exact) mass is 201 g/mol. The summed E-state index contributed by atoms with van der Waals surface area (Å²) in [5.41, 5.74) is 0.892. The van der Waals surface area contributed by atoms with Crippen LogP contribution >= 0.6 is 0 Å². The summed E-state index contributed by atoms with van der Waals surface area (Å²) in [6.07, 6.45) is 1.51. The molecule has 15 heavy (non-hydrogen) atoms. The fourth-order valence-corrected chi connectivity index (χ4v) is 1.44. The highest BCUT2D eigenvalue weighted by atomic mass is 16.4. The maximum Gasteiger partial charge on any atom is 0.311 e. The van der Waals surface area contributed by atoms with Crippen molar-refractivity contribution < 1.29 is 9.90 Å². The molecule has 2 aromatic rings. The first-order valence-electron chi connectivity index (χ1n) is 4.30. The number of fused-ring (bicyclic) bond motifs is 1. The van der Waals surface area contributed by atoms with Crippen LogP contribution in [-0.2, 0) is 11.2 Å². The molecular formula is C10H7N3O2. The highest BCUT2D eigenvalue weighted by Gasteiger charge is 2.12. The van der Waals surface area contributed by atoms with E-state index in [4.69, 9.17) is 10.4 Å². The summed E-state index contributed by atoms with van der Waals surface area (Å²) in [5.74, 6) is -0.593. The number of nitriles is 1. The lowest BCUT2D eigenvalue weighted by molar-refractivity contribution is -0.136. The van der Waals surface area contributed by atoms with Gasteiger partial charge >= 0.3 is 5.97 Å². The Hall–Kier alpha value is -2.35. The molecule has 2 heterocycles. The summed E-state index contributed by atoms with van der Waals surface area (Å²) in [6, 6.07) is 7.22. The Bertz CT molecular complexity index is 566. The minimum absolute atomic E-state index is 0.188. The van der Waals surface area contributed by atoms with Gasteiger partial charge in [-0.3, -0.25) is 4.79 Å². The van der Waals surface area contributed by atoms with Gasteiger partial charge in [0.2, 0.25) is 0 Å². The van der Waals surface area contributed by atoms with Crippen LogP contribution in [0, 0.1) is 11.3 Å². The number of aliphatic carboxylic acids is 1. The van der Waals surface area contributed by atoms with E-state index in [9.17, 15) is 4.79 Å². The first-order valence-corrected chi connectivity index (χ1v) is 4.30. The average Bonchev–Trinajstić information content (AvgIpc) is 2.56. The van der Waals surface area contributed by atoms with Gasteiger partial charge in [0.1, 0.15) is 18.3 Å². The average molecular weight is 201 g/mol. The van der Waals surface area contributed by atoms with E-state index in [1.54, 1.807) is 28.8 Å². The van der Waals surface area contributed by atoms with E-state index in [1.807, 2.05) is 6.07 Å². The van der Waals surface area contributed by atoms with Crippen LogP contribution in [0.5, 0.6) is 0 Å². The zero-order valence-electron chi connectivity index (χ0n) is 7.71. The molecule has 1 N–H and O–H groups in total. The SMILES string of the molecule is N#Cc1nc(CC(=O)O)n2ccccc12. The predicted molar refractivity (Wildman–Crippen MR) is 51.2 cm³/mol. The summed E-state index contributed by atoms with van der Waals surface area (Å²) in [4.78, 5) is 14.5. The number of carboxylic acids is 1. The van der Waals surface area contributed by atoms with Gasteiger partial charge in [-0.15, -0.1) is 0 Å². The van der Waals surface area contributed by atoms with E-state index in [0.717, 1.165) is 0 Å². The Morgan fingerprint density at radius 3 is 3.07 bits per heavy atom. The molecule has 0 bridgehead atoms. The minimum Gasteiger partial charge on any atom is -0.481 e. The predicted octanol–water partition coefficient (Wildman–Crippen LogP) is 0.833. The molecule has 2 aromatic heterocycles. The molecule has 0 amide bonds. The standard InChI is InChI=1S/C10H7N3O2/c11-6-7-8-3-1-2-4-13(8)9(12-7)5-10(14)15/h1-4H,5H2,(H,14,15). The number of carbonyl (C=O) groups is 1. The molecule has 0 saturated carbocycles. The fourth-order valence-electron chi connectivity index (χ4n) is 1.44. The molecule has 0 aliphatic rings. The molecule has 0 fully saturated rings. The Labute approximate surface area is 85.2 Å². The molecule has 5 nitrogen and oxygen atoms in total. The number of hydrogen-bond donors (Lipinski definition) is 1. The van der Waals surface area contributed by atoms with Crippen molar-refractivity contribution in [2.75, 3.05) is 0 Å². The van der Waals surface area contributed by atoms with E-state index in [0.29, 0.717) is 11.3 Å². The Balaban J connectivity index is 2.66. The third-order valence-corrected chi connectivity index (χ3v) is 2.04. The highest BCUT2D eigenvalue weighted by Crippen LogP contribution is 2.12. The van der Waals surface area contributed by atoms with Gasteiger partial charge in [-0.05, 0) is 12.1 Å². The van der Waals surface area contributed by atoms with Crippen LogP contribution in [0.3, 0.4) is 0 Å². The summed E-state index contributed by atoms with van der Waals surface area (Å²) in [6.45, 7) is 0. The molecule has 0 atom stereocenters. The van der Waals surface area contributed by atoms with Crippen molar-refractivity contribution in [1.29, 1.82) is 5.26 Å². The quantitative estimate of drug-likeness (QED) is 0.780. The van der Waals surface area contributed by atoms with Crippen molar-refractivity contribution in [2.45, 2.75) is 6.42 Å². The Kier molecular flexibility index (Phi) is 2.10. The molecular weight excluding hydrogens is 194 g/mol. The van der Waals surface area contributed by atoms with E-state index < -0.39 is 5.97 Å². The zero-order valence-corrected chi connectivity index (χ0v) is 7.71. The van der Waals surface area contributed by atoms with E-state index in [1.165, 1.54) is 0 Å². The number of hydrogen-bond acceptors (Lipinski definition) is 3. The topological polar surface area (TPSA) is 78.4 Å². The van der Waals surface area contributed by atoms with Crippen molar-refractivity contribution in [3.63, 3.8) is 0 Å². The lowest BCUT2D eigenvalue weighted by Gasteiger charge is -1.96. The van der Waals surface area contributed by atoms with Gasteiger partial charge in [-0.25, -0.2) is 4.98 Å². The molecule has 0 spiro atoms. The molecule has 0 aliphatic carbocycles. The fraction of sp³-hybridized carbons (Fsp3) is 0.100. The van der Waals surface area contributed by atoms with Crippen LogP contribution in [0.4, 0.5) is 0 Å². The van der Waals surface area contributed by atoms with Crippen molar-refractivity contribution in [2.24, 2.45) is 0 Å². The second-order valence-corrected chi connectivity index (χ2v) is 3.01. The molecule has 74 valence electrons. The molecule has 5 heteroatoms. The molecule has 0 aliphatic heterocycles. The summed E-state index contributed by atoms with van der Waals surface area (Å²) >= 11 is 0. The number of rotatable bonds is 2. The van der Waals surface area contributed by atoms with Crippen LogP contribution in [0.2, 0.25) is 0 Å². The van der Waals surface area contributed by atoms with Crippen molar-refractivity contribution in [1.82, 2.24) is 9.38 Å². The Morgan fingerprint density at radius 1 is 1.60 bits per heavy atom. The summed E-state index contributed by atoms with van der Waals surface area (Å²) < 4.78 is 1.62. The molecule has 0 aromatic carbocycles. The van der Waals surface area contributed by atoms with Gasteiger partial charge in [0, 0.05) is 6.20 Å². The number of pyridine rings is 1. The number of aromatic nitrogens is 2. The highest BCUT2D eigenvalue weighted by molar-refractivity contribution is 5.70. The van der Waals surface area contributed by atoms with Crippen LogP contribution in [0.1, 0.15) is 11.5 Å². The first-order chi connectivity index (χ1) is 7.22. The van der Waals surface area contributed by atoms with Gasteiger partial charge in [0.25, 0.3) is 0 Å². The van der Waals surface area contributed by atoms with Gasteiger partial charge < -0.3 is 9.51 Å². The molecule has 0 radical (unpaired) electrons. The molecule has 0 unspecified atom stereocenters. The van der Waals surface area contributed by atoms with Crippen LogP contribution in [0.25, 0.3) is 5.52 Å². The molecule has 0 saturated heterocycles. The maximum absolute atomic E-state index is 10.6. The van der Waals surface area contributed by atoms with Gasteiger partial charge in [0.05, 0.1) is 5.52 Å².